The van der Waals surface area contributed by atoms with E-state index < -0.39 is 0 Å². The molecule has 3 N–H and O–H groups in total. The summed E-state index contributed by atoms with van der Waals surface area (Å²) in [5.74, 6) is 0.956. The largest absolute Gasteiger partial charge is 0.456 e. The van der Waals surface area contributed by atoms with E-state index in [-0.39, 0.29) is 22.6 Å². The van der Waals surface area contributed by atoms with Crippen LogP contribution in [0.4, 0.5) is 17.1 Å². The number of nitrogens with zero attached hydrogens (tertiary/aromatic N) is 1. The number of carbonyl (C=O) groups excluding carboxylic acids is 2. The summed E-state index contributed by atoms with van der Waals surface area (Å²) in [6, 6.07) is 44.6. The zero-order valence-electron chi connectivity index (χ0n) is 30.9. The lowest BCUT2D eigenvalue weighted by Crippen LogP contribution is -2.21. The molecule has 0 fully saturated rings. The molecule has 0 radical (unpaired) electrons. The fourth-order valence-electron chi connectivity index (χ4n) is 5.94. The summed E-state index contributed by atoms with van der Waals surface area (Å²) >= 11 is 0. The highest BCUT2D eigenvalue weighted by Crippen LogP contribution is 2.29. The Labute approximate surface area is 312 Å². The third-order valence-corrected chi connectivity index (χ3v) is 9.19. The van der Waals surface area contributed by atoms with E-state index in [2.05, 4.69) is 55.6 Å². The van der Waals surface area contributed by atoms with Crippen LogP contribution in [0.5, 0.6) is 11.5 Å². The number of rotatable bonds is 12. The van der Waals surface area contributed by atoms with Crippen molar-refractivity contribution in [3.63, 3.8) is 0 Å². The molecular formula is C46H46N4O3. The van der Waals surface area contributed by atoms with E-state index in [1.807, 2.05) is 140 Å². The van der Waals surface area contributed by atoms with Crippen molar-refractivity contribution in [2.45, 2.75) is 58.4 Å². The molecule has 1 aromatic heterocycles. The number of anilines is 3. The standard InChI is InChI=1S/C46H46N4O3/c1-45(2,3)35-17-13-33(14-18-35)43(51)50-39-23-26-41(27-24-39)53-42-28-25-40(48-31-42)29-46(4,5)36-19-15-34(16-20-36)44(52)49-38-21-11-32(12-22-38)30-47-37-9-7-6-8-10-37/h6-28,31,47H,29-30H2,1-5H3,(H,49,52)(H,50,51). The Kier molecular flexibility index (Phi) is 11.0. The summed E-state index contributed by atoms with van der Waals surface area (Å²) in [5, 5.41) is 9.35. The van der Waals surface area contributed by atoms with Crippen molar-refractivity contribution in [3.8, 4) is 11.5 Å². The third-order valence-electron chi connectivity index (χ3n) is 9.19. The Morgan fingerprint density at radius 3 is 1.62 bits per heavy atom. The van der Waals surface area contributed by atoms with E-state index in [0.29, 0.717) is 41.3 Å². The molecule has 0 aliphatic heterocycles. The zero-order chi connectivity index (χ0) is 37.4. The molecule has 0 spiro atoms. The molecule has 0 saturated heterocycles. The Hall–Kier alpha value is -6.21. The van der Waals surface area contributed by atoms with Crippen LogP contribution in [0, 0.1) is 0 Å². The first-order valence-electron chi connectivity index (χ1n) is 17.9. The van der Waals surface area contributed by atoms with Crippen LogP contribution in [-0.4, -0.2) is 16.8 Å². The molecule has 7 nitrogen and oxygen atoms in total. The average molecular weight is 703 g/mol. The molecular weight excluding hydrogens is 657 g/mol. The van der Waals surface area contributed by atoms with Crippen LogP contribution in [0.1, 0.15) is 77.7 Å². The van der Waals surface area contributed by atoms with Gasteiger partial charge in [-0.2, -0.15) is 0 Å². The molecule has 5 aromatic carbocycles. The summed E-state index contributed by atoms with van der Waals surface area (Å²) in [4.78, 5) is 30.4. The zero-order valence-corrected chi connectivity index (χ0v) is 30.9. The molecule has 0 unspecified atom stereocenters. The van der Waals surface area contributed by atoms with Gasteiger partial charge in [-0.15, -0.1) is 0 Å². The maximum Gasteiger partial charge on any atom is 0.255 e. The maximum absolute atomic E-state index is 13.0. The highest BCUT2D eigenvalue weighted by molar-refractivity contribution is 6.05. The van der Waals surface area contributed by atoms with Crippen molar-refractivity contribution >= 4 is 28.9 Å². The first-order chi connectivity index (χ1) is 25.4. The summed E-state index contributed by atoms with van der Waals surface area (Å²) in [7, 11) is 0. The normalized spacial score (nSPS) is 11.4. The number of hydrogen-bond acceptors (Lipinski definition) is 5. The van der Waals surface area contributed by atoms with Gasteiger partial charge >= 0.3 is 0 Å². The second-order valence-corrected chi connectivity index (χ2v) is 14.9. The minimum Gasteiger partial charge on any atom is -0.456 e. The van der Waals surface area contributed by atoms with Crippen LogP contribution < -0.4 is 20.7 Å². The van der Waals surface area contributed by atoms with Crippen LogP contribution in [-0.2, 0) is 23.8 Å². The van der Waals surface area contributed by atoms with Gasteiger partial charge < -0.3 is 20.7 Å². The fraction of sp³-hybridized carbons (Fsp3) is 0.196. The van der Waals surface area contributed by atoms with Crippen LogP contribution >= 0.6 is 0 Å². The molecule has 0 atom stereocenters. The number of nitrogens with one attached hydrogen (secondary N) is 3. The van der Waals surface area contributed by atoms with E-state index in [9.17, 15) is 9.59 Å². The number of aromatic nitrogens is 1. The molecule has 268 valence electrons. The fourth-order valence-corrected chi connectivity index (χ4v) is 5.94. The van der Waals surface area contributed by atoms with Gasteiger partial charge in [0.1, 0.15) is 11.5 Å². The number of para-hydroxylation sites is 1. The van der Waals surface area contributed by atoms with E-state index in [1.54, 1.807) is 6.20 Å². The first kappa shape index (κ1) is 36.6. The van der Waals surface area contributed by atoms with Crippen LogP contribution in [0.3, 0.4) is 0 Å². The van der Waals surface area contributed by atoms with Crippen molar-refractivity contribution < 1.29 is 14.3 Å². The van der Waals surface area contributed by atoms with Crippen LogP contribution in [0.15, 0.2) is 146 Å². The van der Waals surface area contributed by atoms with Gasteiger partial charge in [-0.1, -0.05) is 89.2 Å². The van der Waals surface area contributed by atoms with Crippen LogP contribution in [0.2, 0.25) is 0 Å². The number of hydrogen-bond donors (Lipinski definition) is 3. The summed E-state index contributed by atoms with van der Waals surface area (Å²) in [6.07, 6.45) is 2.43. The number of amides is 2. The molecule has 0 aliphatic carbocycles. The third kappa shape index (κ3) is 9.98. The van der Waals surface area contributed by atoms with Crippen molar-refractivity contribution in [1.82, 2.24) is 4.98 Å². The maximum atomic E-state index is 13.0. The Morgan fingerprint density at radius 1 is 0.566 bits per heavy atom. The monoisotopic (exact) mass is 702 g/mol. The highest BCUT2D eigenvalue weighted by atomic mass is 16.5. The SMILES string of the molecule is CC(C)(C)c1ccc(C(=O)Nc2ccc(Oc3ccc(CC(C)(C)c4ccc(C(=O)Nc5ccc(CNc6ccccc6)cc5)cc4)nc3)cc2)cc1. The van der Waals surface area contributed by atoms with Gasteiger partial charge in [-0.05, 0) is 119 Å². The predicted octanol–water partition coefficient (Wildman–Crippen LogP) is 10.8. The number of benzene rings is 5. The quantitative estimate of drug-likeness (QED) is 0.118. The van der Waals surface area contributed by atoms with Gasteiger partial charge in [-0.25, -0.2) is 0 Å². The number of ether oxygens (including phenoxy) is 1. The molecule has 0 bridgehead atoms. The molecule has 7 heteroatoms. The van der Waals surface area contributed by atoms with Gasteiger partial charge in [0, 0.05) is 40.4 Å². The Bertz CT molecular complexity index is 2120. The van der Waals surface area contributed by atoms with E-state index in [1.165, 1.54) is 5.56 Å². The minimum atomic E-state index is -0.219. The Balaban J connectivity index is 0.979. The van der Waals surface area contributed by atoms with Crippen LogP contribution in [0.25, 0.3) is 0 Å². The van der Waals surface area contributed by atoms with Crippen molar-refractivity contribution in [2.75, 3.05) is 16.0 Å². The highest BCUT2D eigenvalue weighted by Gasteiger charge is 2.22. The van der Waals surface area contributed by atoms with Crippen molar-refractivity contribution in [3.05, 3.63) is 179 Å². The number of pyridine rings is 1. The smallest absolute Gasteiger partial charge is 0.255 e. The second kappa shape index (κ2) is 16.0. The van der Waals surface area contributed by atoms with E-state index >= 15 is 0 Å². The molecule has 53 heavy (non-hydrogen) atoms. The molecule has 0 aliphatic rings. The lowest BCUT2D eigenvalue weighted by Gasteiger charge is -2.25. The van der Waals surface area contributed by atoms with Gasteiger partial charge in [0.15, 0.2) is 0 Å². The lowest BCUT2D eigenvalue weighted by molar-refractivity contribution is 0.101. The summed E-state index contributed by atoms with van der Waals surface area (Å²) in [6.45, 7) is 11.5. The minimum absolute atomic E-state index is 0.0317. The summed E-state index contributed by atoms with van der Waals surface area (Å²) in [5.41, 5.74) is 7.87. The van der Waals surface area contributed by atoms with Gasteiger partial charge in [0.2, 0.25) is 0 Å². The van der Waals surface area contributed by atoms with E-state index in [4.69, 9.17) is 4.74 Å². The molecule has 6 aromatic rings. The van der Waals surface area contributed by atoms with E-state index in [0.717, 1.165) is 28.2 Å². The topological polar surface area (TPSA) is 92.3 Å². The first-order valence-corrected chi connectivity index (χ1v) is 17.9. The molecule has 0 saturated carbocycles. The van der Waals surface area contributed by atoms with Gasteiger partial charge in [-0.3, -0.25) is 14.6 Å². The molecule has 2 amide bonds. The van der Waals surface area contributed by atoms with Crippen molar-refractivity contribution in [2.24, 2.45) is 0 Å². The predicted molar refractivity (Wildman–Crippen MR) is 215 cm³/mol. The average Bonchev–Trinajstić information content (AvgIpc) is 3.16. The number of carbonyl (C=O) groups is 2. The van der Waals surface area contributed by atoms with Gasteiger partial charge in [0.05, 0.1) is 6.20 Å². The molecule has 1 heterocycles. The summed E-state index contributed by atoms with van der Waals surface area (Å²) < 4.78 is 6.03. The second-order valence-electron chi connectivity index (χ2n) is 14.9. The molecule has 6 rings (SSSR count). The Morgan fingerprint density at radius 2 is 1.09 bits per heavy atom. The van der Waals surface area contributed by atoms with Gasteiger partial charge in [0.25, 0.3) is 11.8 Å². The van der Waals surface area contributed by atoms with Crippen molar-refractivity contribution in [1.29, 1.82) is 0 Å². The lowest BCUT2D eigenvalue weighted by atomic mass is 9.80.